The van der Waals surface area contributed by atoms with Crippen LogP contribution in [0.1, 0.15) is 11.1 Å². The minimum Gasteiger partial charge on any atom is -0.326 e. The minimum absolute atomic E-state index is 0.484. The fraction of sp³-hybridized carbons (Fsp3) is 0.600. The van der Waals surface area contributed by atoms with Crippen molar-refractivity contribution in [3.8, 4) is 0 Å². The van der Waals surface area contributed by atoms with Crippen molar-refractivity contribution in [2.24, 2.45) is 5.73 Å². The highest BCUT2D eigenvalue weighted by atomic mass is 19.4. The van der Waals surface area contributed by atoms with E-state index in [1.807, 2.05) is 18.2 Å². The summed E-state index contributed by atoms with van der Waals surface area (Å²) in [5.41, 5.74) is 8.09. The maximum Gasteiger partial charge on any atom is 0.401 e. The highest BCUT2D eigenvalue weighted by molar-refractivity contribution is 5.27. The Kier molecular flexibility index (Phi) is 5.61. The van der Waals surface area contributed by atoms with Crippen LogP contribution >= 0.6 is 0 Å². The van der Waals surface area contributed by atoms with Crippen LogP contribution in [0.3, 0.4) is 0 Å². The molecule has 118 valence electrons. The van der Waals surface area contributed by atoms with Crippen LogP contribution in [0.25, 0.3) is 0 Å². The van der Waals surface area contributed by atoms with Gasteiger partial charge >= 0.3 is 6.18 Å². The number of nitrogens with zero attached hydrogens (tertiary/aromatic N) is 2. The minimum atomic E-state index is -4.10. The van der Waals surface area contributed by atoms with Gasteiger partial charge in [0.2, 0.25) is 0 Å². The number of piperazine rings is 1. The van der Waals surface area contributed by atoms with Crippen LogP contribution in [0.2, 0.25) is 0 Å². The zero-order chi connectivity index (χ0) is 15.3. The van der Waals surface area contributed by atoms with Gasteiger partial charge in [-0.15, -0.1) is 0 Å². The quantitative estimate of drug-likeness (QED) is 0.901. The third kappa shape index (κ3) is 5.30. The summed E-state index contributed by atoms with van der Waals surface area (Å²) in [5.74, 6) is 0. The van der Waals surface area contributed by atoms with Gasteiger partial charge in [-0.25, -0.2) is 0 Å². The first kappa shape index (κ1) is 16.3. The average molecular weight is 301 g/mol. The molecule has 0 amide bonds. The summed E-state index contributed by atoms with van der Waals surface area (Å²) in [4.78, 5) is 3.70. The molecule has 1 aliphatic heterocycles. The first-order valence-corrected chi connectivity index (χ1v) is 7.26. The number of halogens is 3. The maximum atomic E-state index is 12.3. The molecule has 1 aromatic rings. The number of rotatable bonds is 5. The van der Waals surface area contributed by atoms with Crippen LogP contribution in [-0.4, -0.2) is 55.2 Å². The molecule has 0 aromatic heterocycles. The van der Waals surface area contributed by atoms with E-state index in [9.17, 15) is 13.2 Å². The van der Waals surface area contributed by atoms with Crippen molar-refractivity contribution < 1.29 is 13.2 Å². The Bertz CT molecular complexity index is 440. The second kappa shape index (κ2) is 7.24. The lowest BCUT2D eigenvalue weighted by Gasteiger charge is -2.35. The van der Waals surface area contributed by atoms with Crippen molar-refractivity contribution in [1.82, 2.24) is 9.80 Å². The first-order valence-electron chi connectivity index (χ1n) is 7.26. The number of hydrogen-bond donors (Lipinski definition) is 1. The van der Waals surface area contributed by atoms with Crippen molar-refractivity contribution in [3.05, 3.63) is 35.4 Å². The highest BCUT2D eigenvalue weighted by Gasteiger charge is 2.31. The topological polar surface area (TPSA) is 32.5 Å². The van der Waals surface area contributed by atoms with Gasteiger partial charge in [0, 0.05) is 39.3 Å². The van der Waals surface area contributed by atoms with E-state index in [1.54, 1.807) is 0 Å². The Morgan fingerprint density at radius 2 is 1.52 bits per heavy atom. The number of benzene rings is 1. The SMILES string of the molecule is NCc1ccccc1CCN1CCN(CC(F)(F)F)CC1. The zero-order valence-corrected chi connectivity index (χ0v) is 12.1. The molecule has 0 unspecified atom stereocenters. The van der Waals surface area contributed by atoms with Crippen molar-refractivity contribution >= 4 is 0 Å². The standard InChI is InChI=1S/C15H22F3N3/c16-15(17,18)12-21-9-7-20(8-10-21)6-5-13-3-1-2-4-14(13)11-19/h1-4H,5-12,19H2. The summed E-state index contributed by atoms with van der Waals surface area (Å²) in [7, 11) is 0. The monoisotopic (exact) mass is 301 g/mol. The molecule has 1 saturated heterocycles. The lowest BCUT2D eigenvalue weighted by atomic mass is 10.0. The van der Waals surface area contributed by atoms with Gasteiger partial charge in [0.05, 0.1) is 6.54 Å². The molecule has 2 rings (SSSR count). The van der Waals surface area contributed by atoms with E-state index in [0.717, 1.165) is 18.5 Å². The van der Waals surface area contributed by atoms with E-state index >= 15 is 0 Å². The molecule has 21 heavy (non-hydrogen) atoms. The normalized spacial score (nSPS) is 18.1. The third-order valence-corrected chi connectivity index (χ3v) is 3.90. The van der Waals surface area contributed by atoms with E-state index in [-0.39, 0.29) is 0 Å². The van der Waals surface area contributed by atoms with Crippen LogP contribution < -0.4 is 5.73 Å². The smallest absolute Gasteiger partial charge is 0.326 e. The highest BCUT2D eigenvalue weighted by Crippen LogP contribution is 2.17. The van der Waals surface area contributed by atoms with Crippen molar-refractivity contribution in [2.45, 2.75) is 19.1 Å². The summed E-state index contributed by atoms with van der Waals surface area (Å²) in [5, 5.41) is 0. The Morgan fingerprint density at radius 1 is 0.952 bits per heavy atom. The van der Waals surface area contributed by atoms with Gasteiger partial charge in [0.15, 0.2) is 0 Å². The number of hydrogen-bond acceptors (Lipinski definition) is 3. The summed E-state index contributed by atoms with van der Waals surface area (Å²) in [6, 6.07) is 8.07. The van der Waals surface area contributed by atoms with Crippen molar-refractivity contribution in [3.63, 3.8) is 0 Å². The Labute approximate surface area is 123 Å². The maximum absolute atomic E-state index is 12.3. The van der Waals surface area contributed by atoms with Gasteiger partial charge in [0.1, 0.15) is 0 Å². The number of alkyl halides is 3. The molecule has 0 saturated carbocycles. The summed E-state index contributed by atoms with van der Waals surface area (Å²) < 4.78 is 37.0. The Hall–Kier alpha value is -1.11. The third-order valence-electron chi connectivity index (χ3n) is 3.90. The van der Waals surface area contributed by atoms with Crippen LogP contribution in [0.5, 0.6) is 0 Å². The fourth-order valence-electron chi connectivity index (χ4n) is 2.70. The van der Waals surface area contributed by atoms with Crippen molar-refractivity contribution in [2.75, 3.05) is 39.3 Å². The molecule has 2 N–H and O–H groups in total. The second-order valence-corrected chi connectivity index (χ2v) is 5.46. The van der Waals surface area contributed by atoms with E-state index in [1.165, 1.54) is 10.5 Å². The molecule has 1 aromatic carbocycles. The molecular formula is C15H22F3N3. The van der Waals surface area contributed by atoms with Gasteiger partial charge in [-0.3, -0.25) is 4.90 Å². The van der Waals surface area contributed by atoms with Gasteiger partial charge in [-0.05, 0) is 17.5 Å². The van der Waals surface area contributed by atoms with Crippen LogP contribution in [0, 0.1) is 0 Å². The van der Waals surface area contributed by atoms with Gasteiger partial charge in [0.25, 0.3) is 0 Å². The largest absolute Gasteiger partial charge is 0.401 e. The Balaban J connectivity index is 1.76. The summed E-state index contributed by atoms with van der Waals surface area (Å²) in [6.07, 6.45) is -3.20. The average Bonchev–Trinajstić information content (AvgIpc) is 2.45. The van der Waals surface area contributed by atoms with Crippen LogP contribution in [0.4, 0.5) is 13.2 Å². The van der Waals surface area contributed by atoms with Crippen LogP contribution in [-0.2, 0) is 13.0 Å². The number of nitrogens with two attached hydrogens (primary N) is 1. The van der Waals surface area contributed by atoms with Gasteiger partial charge < -0.3 is 10.6 Å². The molecule has 6 heteroatoms. The molecule has 1 aliphatic rings. The predicted octanol–water partition coefficient (Wildman–Crippen LogP) is 1.87. The predicted molar refractivity (Wildman–Crippen MR) is 77.0 cm³/mol. The Morgan fingerprint density at radius 3 is 2.10 bits per heavy atom. The molecule has 1 heterocycles. The van der Waals surface area contributed by atoms with Crippen molar-refractivity contribution in [1.29, 1.82) is 0 Å². The second-order valence-electron chi connectivity index (χ2n) is 5.46. The molecule has 0 spiro atoms. The lowest BCUT2D eigenvalue weighted by Crippen LogP contribution is -2.49. The molecule has 0 atom stereocenters. The molecular weight excluding hydrogens is 279 g/mol. The summed E-state index contributed by atoms with van der Waals surface area (Å²) in [6.45, 7) is 2.96. The fourth-order valence-corrected chi connectivity index (χ4v) is 2.70. The van der Waals surface area contributed by atoms with Gasteiger partial charge in [-0.2, -0.15) is 13.2 Å². The van der Waals surface area contributed by atoms with E-state index in [2.05, 4.69) is 11.0 Å². The molecule has 0 bridgehead atoms. The van der Waals surface area contributed by atoms with Gasteiger partial charge in [-0.1, -0.05) is 24.3 Å². The molecule has 3 nitrogen and oxygen atoms in total. The lowest BCUT2D eigenvalue weighted by molar-refractivity contribution is -0.149. The van der Waals surface area contributed by atoms with E-state index in [0.29, 0.717) is 32.7 Å². The van der Waals surface area contributed by atoms with E-state index in [4.69, 9.17) is 5.73 Å². The first-order chi connectivity index (χ1) is 9.98. The molecule has 0 radical (unpaired) electrons. The summed E-state index contributed by atoms with van der Waals surface area (Å²) >= 11 is 0. The zero-order valence-electron chi connectivity index (χ0n) is 12.1. The van der Waals surface area contributed by atoms with Crippen LogP contribution in [0.15, 0.2) is 24.3 Å². The molecule has 0 aliphatic carbocycles. The van der Waals surface area contributed by atoms with E-state index < -0.39 is 12.7 Å². The molecule has 1 fully saturated rings.